The van der Waals surface area contributed by atoms with E-state index in [2.05, 4.69) is 56.4 Å². The average molecular weight is 297 g/mol. The lowest BCUT2D eigenvalue weighted by molar-refractivity contribution is 0.988. The Morgan fingerprint density at radius 1 is 1.14 bits per heavy atom. The average Bonchev–Trinajstić information content (AvgIpc) is 2.80. The van der Waals surface area contributed by atoms with Crippen molar-refractivity contribution in [1.29, 1.82) is 0 Å². The molecule has 3 nitrogen and oxygen atoms in total. The molecule has 0 aliphatic carbocycles. The summed E-state index contributed by atoms with van der Waals surface area (Å²) in [5, 5.41) is 4.49. The maximum atomic E-state index is 4.73. The highest BCUT2D eigenvalue weighted by Gasteiger charge is 2.10. The van der Waals surface area contributed by atoms with Crippen LogP contribution < -0.4 is 5.32 Å². The summed E-state index contributed by atoms with van der Waals surface area (Å²) in [4.78, 5) is 11.8. The van der Waals surface area contributed by atoms with Crippen LogP contribution in [0, 0.1) is 13.8 Å². The molecular weight excluding hydrogens is 278 g/mol. The quantitative estimate of drug-likeness (QED) is 0.779. The summed E-state index contributed by atoms with van der Waals surface area (Å²) in [6.45, 7) is 7.18. The molecule has 2 aromatic heterocycles. The Balaban J connectivity index is 2.02. The monoisotopic (exact) mass is 297 g/mol. The van der Waals surface area contributed by atoms with E-state index in [0.717, 1.165) is 34.8 Å². The van der Waals surface area contributed by atoms with Gasteiger partial charge < -0.3 is 5.32 Å². The van der Waals surface area contributed by atoms with Crippen molar-refractivity contribution in [3.8, 4) is 0 Å². The Hall–Kier alpha value is -1.94. The molecular formula is C17H19N3S. The predicted molar refractivity (Wildman–Crippen MR) is 90.3 cm³/mol. The van der Waals surface area contributed by atoms with E-state index in [1.165, 1.54) is 16.0 Å². The Bertz CT molecular complexity index is 777. The van der Waals surface area contributed by atoms with Crippen molar-refractivity contribution in [2.24, 2.45) is 0 Å². The van der Waals surface area contributed by atoms with Crippen molar-refractivity contribution in [2.75, 3.05) is 11.9 Å². The maximum absolute atomic E-state index is 4.73. The third kappa shape index (κ3) is 3.05. The van der Waals surface area contributed by atoms with Gasteiger partial charge in [-0.15, -0.1) is 11.3 Å². The molecule has 0 aliphatic rings. The number of hydrogen-bond acceptors (Lipinski definition) is 4. The van der Waals surface area contributed by atoms with E-state index in [9.17, 15) is 0 Å². The van der Waals surface area contributed by atoms with Crippen LogP contribution in [0.3, 0.4) is 0 Å². The van der Waals surface area contributed by atoms with E-state index in [-0.39, 0.29) is 0 Å². The standard InChI is InChI=1S/C17H19N3S/c1-4-18-16-14-9-12(3)21-17(14)20-15(19-16)10-13-7-5-6-11(2)8-13/h5-9H,4,10H2,1-3H3,(H,18,19,20). The van der Waals surface area contributed by atoms with E-state index in [0.29, 0.717) is 0 Å². The minimum absolute atomic E-state index is 0.771. The smallest absolute Gasteiger partial charge is 0.138 e. The topological polar surface area (TPSA) is 37.8 Å². The number of anilines is 1. The molecule has 0 atom stereocenters. The van der Waals surface area contributed by atoms with Crippen LogP contribution in [0.15, 0.2) is 30.3 Å². The SMILES string of the molecule is CCNc1nc(Cc2cccc(C)c2)nc2sc(C)cc12. The molecule has 0 unspecified atom stereocenters. The number of aromatic nitrogens is 2. The van der Waals surface area contributed by atoms with Crippen LogP contribution in [0.4, 0.5) is 5.82 Å². The fraction of sp³-hybridized carbons (Fsp3) is 0.294. The van der Waals surface area contributed by atoms with E-state index in [1.54, 1.807) is 11.3 Å². The van der Waals surface area contributed by atoms with E-state index in [1.807, 2.05) is 0 Å². The first kappa shape index (κ1) is 14.0. The number of thiophene rings is 1. The number of nitrogens with zero attached hydrogens (tertiary/aromatic N) is 2. The van der Waals surface area contributed by atoms with Crippen LogP contribution in [-0.2, 0) is 6.42 Å². The molecule has 0 saturated heterocycles. The zero-order valence-electron chi connectivity index (χ0n) is 12.6. The fourth-order valence-electron chi connectivity index (χ4n) is 2.47. The number of fused-ring (bicyclic) bond motifs is 1. The molecule has 0 aliphatic heterocycles. The van der Waals surface area contributed by atoms with E-state index in [4.69, 9.17) is 9.97 Å². The molecule has 2 heterocycles. The van der Waals surface area contributed by atoms with Crippen LogP contribution >= 0.6 is 11.3 Å². The second-order valence-corrected chi connectivity index (χ2v) is 6.50. The number of nitrogens with one attached hydrogen (secondary N) is 1. The van der Waals surface area contributed by atoms with Crippen LogP contribution in [0.2, 0.25) is 0 Å². The summed E-state index contributed by atoms with van der Waals surface area (Å²) >= 11 is 1.73. The van der Waals surface area contributed by atoms with Gasteiger partial charge in [0.2, 0.25) is 0 Å². The first-order chi connectivity index (χ1) is 10.2. The maximum Gasteiger partial charge on any atom is 0.138 e. The molecule has 0 fully saturated rings. The van der Waals surface area contributed by atoms with Crippen LogP contribution in [-0.4, -0.2) is 16.5 Å². The lowest BCUT2D eigenvalue weighted by Crippen LogP contribution is -2.04. The summed E-state index contributed by atoms with van der Waals surface area (Å²) in [5.74, 6) is 1.83. The van der Waals surface area contributed by atoms with Crippen LogP contribution in [0.1, 0.15) is 28.8 Å². The van der Waals surface area contributed by atoms with Gasteiger partial charge in [0.25, 0.3) is 0 Å². The second kappa shape index (κ2) is 5.82. The largest absolute Gasteiger partial charge is 0.370 e. The molecule has 0 bridgehead atoms. The number of rotatable bonds is 4. The second-order valence-electron chi connectivity index (χ2n) is 5.26. The molecule has 3 rings (SSSR count). The summed E-state index contributed by atoms with van der Waals surface area (Å²) in [6.07, 6.45) is 0.771. The van der Waals surface area contributed by atoms with Gasteiger partial charge in [-0.25, -0.2) is 9.97 Å². The number of hydrogen-bond donors (Lipinski definition) is 1. The van der Waals surface area contributed by atoms with E-state index >= 15 is 0 Å². The van der Waals surface area contributed by atoms with Crippen molar-refractivity contribution in [1.82, 2.24) is 9.97 Å². The van der Waals surface area contributed by atoms with Gasteiger partial charge in [0, 0.05) is 17.8 Å². The van der Waals surface area contributed by atoms with Gasteiger partial charge in [-0.1, -0.05) is 29.8 Å². The Morgan fingerprint density at radius 3 is 2.76 bits per heavy atom. The molecule has 0 amide bonds. The number of benzene rings is 1. The molecule has 21 heavy (non-hydrogen) atoms. The van der Waals surface area contributed by atoms with Crippen molar-refractivity contribution in [2.45, 2.75) is 27.2 Å². The molecule has 0 saturated carbocycles. The van der Waals surface area contributed by atoms with Crippen molar-refractivity contribution < 1.29 is 0 Å². The number of aryl methyl sites for hydroxylation is 2. The zero-order valence-corrected chi connectivity index (χ0v) is 13.4. The summed E-state index contributed by atoms with van der Waals surface area (Å²) in [6, 6.07) is 10.7. The highest BCUT2D eigenvalue weighted by atomic mass is 32.1. The molecule has 0 radical (unpaired) electrons. The van der Waals surface area contributed by atoms with Crippen molar-refractivity contribution >= 4 is 27.4 Å². The molecule has 108 valence electrons. The van der Waals surface area contributed by atoms with Gasteiger partial charge in [0.05, 0.1) is 5.39 Å². The first-order valence-electron chi connectivity index (χ1n) is 7.22. The highest BCUT2D eigenvalue weighted by molar-refractivity contribution is 7.18. The highest BCUT2D eigenvalue weighted by Crippen LogP contribution is 2.28. The lowest BCUT2D eigenvalue weighted by Gasteiger charge is -2.07. The Labute approximate surface area is 129 Å². The Kier molecular flexibility index (Phi) is 3.88. The van der Waals surface area contributed by atoms with Crippen LogP contribution in [0.5, 0.6) is 0 Å². The van der Waals surface area contributed by atoms with Crippen molar-refractivity contribution in [3.63, 3.8) is 0 Å². The normalized spacial score (nSPS) is 11.0. The zero-order chi connectivity index (χ0) is 14.8. The van der Waals surface area contributed by atoms with Gasteiger partial charge in [-0.05, 0) is 32.4 Å². The molecule has 4 heteroatoms. The predicted octanol–water partition coefficient (Wildman–Crippen LogP) is 4.33. The molecule has 0 spiro atoms. The first-order valence-corrected chi connectivity index (χ1v) is 8.04. The van der Waals surface area contributed by atoms with Gasteiger partial charge in [-0.2, -0.15) is 0 Å². The minimum atomic E-state index is 0.771. The summed E-state index contributed by atoms with van der Waals surface area (Å²) in [7, 11) is 0. The van der Waals surface area contributed by atoms with Gasteiger partial charge in [-0.3, -0.25) is 0 Å². The third-order valence-corrected chi connectivity index (χ3v) is 4.30. The van der Waals surface area contributed by atoms with Gasteiger partial charge in [0.15, 0.2) is 0 Å². The van der Waals surface area contributed by atoms with Crippen molar-refractivity contribution in [3.05, 3.63) is 52.2 Å². The van der Waals surface area contributed by atoms with Crippen LogP contribution in [0.25, 0.3) is 10.2 Å². The van der Waals surface area contributed by atoms with Gasteiger partial charge >= 0.3 is 0 Å². The molecule has 3 aromatic rings. The molecule has 1 aromatic carbocycles. The minimum Gasteiger partial charge on any atom is -0.370 e. The molecule has 1 N–H and O–H groups in total. The fourth-order valence-corrected chi connectivity index (χ4v) is 3.37. The van der Waals surface area contributed by atoms with E-state index < -0.39 is 0 Å². The Morgan fingerprint density at radius 2 is 2.00 bits per heavy atom. The lowest BCUT2D eigenvalue weighted by atomic mass is 10.1. The third-order valence-electron chi connectivity index (χ3n) is 3.35. The summed E-state index contributed by atoms with van der Waals surface area (Å²) in [5.41, 5.74) is 2.53. The summed E-state index contributed by atoms with van der Waals surface area (Å²) < 4.78 is 0. The van der Waals surface area contributed by atoms with Gasteiger partial charge in [0.1, 0.15) is 16.5 Å².